The van der Waals surface area contributed by atoms with Crippen LogP contribution in [0, 0.1) is 0 Å². The molecule has 2 aromatic heterocycles. The molecule has 0 fully saturated rings. The highest BCUT2D eigenvalue weighted by atomic mass is 32.2. The predicted octanol–water partition coefficient (Wildman–Crippen LogP) is 3.51. The summed E-state index contributed by atoms with van der Waals surface area (Å²) >= 11 is 1.54. The van der Waals surface area contributed by atoms with Crippen LogP contribution < -0.4 is 14.8 Å². The molecule has 1 unspecified atom stereocenters. The van der Waals surface area contributed by atoms with Crippen LogP contribution in [0.2, 0.25) is 0 Å². The molecule has 1 amide bonds. The van der Waals surface area contributed by atoms with Crippen LogP contribution >= 0.6 is 11.3 Å². The summed E-state index contributed by atoms with van der Waals surface area (Å²) < 4.78 is 36.6. The lowest BCUT2D eigenvalue weighted by Gasteiger charge is -2.21. The summed E-state index contributed by atoms with van der Waals surface area (Å²) in [7, 11) is -4.38. The second kappa shape index (κ2) is 11.8. The Balaban J connectivity index is 1.68. The minimum Gasteiger partial charge on any atom is -0.487 e. The number of thiophene rings is 1. The summed E-state index contributed by atoms with van der Waals surface area (Å²) in [6, 6.07) is 14.0. The maximum absolute atomic E-state index is 13.2. The monoisotopic (exact) mass is 570 g/mol. The van der Waals surface area contributed by atoms with Crippen LogP contribution in [0.4, 0.5) is 5.69 Å². The highest BCUT2D eigenvalue weighted by Crippen LogP contribution is 2.31. The number of hydrogen-bond acceptors (Lipinski definition) is 8. The SMILES string of the molecule is CC(=O)Nc1ccc(S(=O)(=O)NC(C=O)CC(=O)O)c(O[C@H](C)Cn2c(-c3cccs3)nc3ccccc32)c1. The molecule has 2 aromatic carbocycles. The Hall–Kier alpha value is -4.07. The Morgan fingerprint density at radius 2 is 1.95 bits per heavy atom. The number of carbonyl (C=O) groups is 3. The standard InChI is InChI=1S/C26H26N4O7S2/c1-16(14-30-21-7-4-3-6-20(21)28-26(30)23-8-5-11-38-23)37-22-12-18(27-17(2)32)9-10-24(22)39(35,36)29-19(15-31)13-25(33)34/h3-12,15-16,19,29H,13-14H2,1-2H3,(H,27,32)(H,33,34)/t16-,19?/m1/s1. The van der Waals surface area contributed by atoms with Crippen LogP contribution in [-0.2, 0) is 31.0 Å². The number of hydrogen-bond donors (Lipinski definition) is 3. The summed E-state index contributed by atoms with van der Waals surface area (Å²) in [5.74, 6) is -1.04. The van der Waals surface area contributed by atoms with Crippen LogP contribution in [0.3, 0.4) is 0 Å². The van der Waals surface area contributed by atoms with Crippen molar-refractivity contribution < 1.29 is 32.6 Å². The van der Waals surface area contributed by atoms with Crippen molar-refractivity contribution in [2.75, 3.05) is 5.32 Å². The first-order valence-corrected chi connectivity index (χ1v) is 14.2. The number of amides is 1. The van der Waals surface area contributed by atoms with Gasteiger partial charge in [-0.25, -0.2) is 18.1 Å². The van der Waals surface area contributed by atoms with Crippen LogP contribution in [0.1, 0.15) is 20.3 Å². The zero-order valence-corrected chi connectivity index (χ0v) is 22.7. The van der Waals surface area contributed by atoms with E-state index in [1.54, 1.807) is 6.92 Å². The van der Waals surface area contributed by atoms with Crippen molar-refractivity contribution in [3.8, 4) is 16.5 Å². The number of nitrogens with zero attached hydrogens (tertiary/aromatic N) is 2. The topological polar surface area (TPSA) is 157 Å². The Morgan fingerprint density at radius 3 is 2.62 bits per heavy atom. The molecule has 0 aliphatic heterocycles. The molecule has 2 heterocycles. The second-order valence-corrected chi connectivity index (χ2v) is 11.4. The van der Waals surface area contributed by atoms with Crippen LogP contribution in [0.5, 0.6) is 5.75 Å². The quantitative estimate of drug-likeness (QED) is 0.219. The lowest BCUT2D eigenvalue weighted by molar-refractivity contribution is -0.138. The number of carboxylic acids is 1. The number of anilines is 1. The molecule has 11 nitrogen and oxygen atoms in total. The van der Waals surface area contributed by atoms with Gasteiger partial charge in [0, 0.05) is 18.7 Å². The fourth-order valence-electron chi connectivity index (χ4n) is 4.04. The third-order valence-corrected chi connectivity index (χ3v) is 7.98. The van der Waals surface area contributed by atoms with E-state index in [0.29, 0.717) is 12.2 Å². The van der Waals surface area contributed by atoms with Crippen LogP contribution in [0.25, 0.3) is 21.7 Å². The molecule has 3 N–H and O–H groups in total. The molecule has 0 spiro atoms. The Morgan fingerprint density at radius 1 is 1.18 bits per heavy atom. The maximum atomic E-state index is 13.2. The molecule has 0 aliphatic rings. The third kappa shape index (κ3) is 6.69. The van der Waals surface area contributed by atoms with E-state index in [2.05, 4.69) is 10.0 Å². The van der Waals surface area contributed by atoms with Gasteiger partial charge in [0.15, 0.2) is 5.82 Å². The van der Waals surface area contributed by atoms with E-state index in [1.807, 2.05) is 46.3 Å². The van der Waals surface area contributed by atoms with Gasteiger partial charge >= 0.3 is 5.97 Å². The van der Waals surface area contributed by atoms with Gasteiger partial charge in [-0.3, -0.25) is 9.59 Å². The number of fused-ring (bicyclic) bond motifs is 1. The van der Waals surface area contributed by atoms with Gasteiger partial charge in [-0.1, -0.05) is 18.2 Å². The lowest BCUT2D eigenvalue weighted by atomic mass is 10.2. The number of aliphatic carboxylic acids is 1. The molecule has 0 radical (unpaired) electrons. The van der Waals surface area contributed by atoms with Crippen molar-refractivity contribution in [1.82, 2.24) is 14.3 Å². The van der Waals surface area contributed by atoms with E-state index in [-0.39, 0.29) is 22.8 Å². The fraction of sp³-hybridized carbons (Fsp3) is 0.231. The molecule has 2 atom stereocenters. The average Bonchev–Trinajstić information content (AvgIpc) is 3.51. The summed E-state index contributed by atoms with van der Waals surface area (Å²) in [5, 5.41) is 13.5. The molecule has 4 rings (SSSR count). The Bertz CT molecular complexity index is 1610. The zero-order valence-electron chi connectivity index (χ0n) is 21.0. The molecule has 39 heavy (non-hydrogen) atoms. The number of aldehydes is 1. The van der Waals surface area contributed by atoms with Crippen molar-refractivity contribution in [3.63, 3.8) is 0 Å². The molecule has 4 aromatic rings. The molecule has 0 bridgehead atoms. The third-order valence-electron chi connectivity index (χ3n) is 5.58. The number of aromatic nitrogens is 2. The number of para-hydroxylation sites is 2. The minimum absolute atomic E-state index is 0.0803. The number of benzene rings is 2. The van der Waals surface area contributed by atoms with E-state index in [1.165, 1.54) is 36.5 Å². The van der Waals surface area contributed by atoms with Gasteiger partial charge in [-0.05, 0) is 42.6 Å². The van der Waals surface area contributed by atoms with Gasteiger partial charge in [-0.2, -0.15) is 0 Å². The Kier molecular flexibility index (Phi) is 8.43. The molecule has 13 heteroatoms. The first-order valence-electron chi connectivity index (χ1n) is 11.8. The van der Waals surface area contributed by atoms with E-state index in [0.717, 1.165) is 21.7 Å². The highest BCUT2D eigenvalue weighted by Gasteiger charge is 2.27. The van der Waals surface area contributed by atoms with Gasteiger partial charge < -0.3 is 24.5 Å². The number of carbonyl (C=O) groups excluding carboxylic acids is 2. The van der Waals surface area contributed by atoms with Gasteiger partial charge in [0.2, 0.25) is 15.9 Å². The fourth-order valence-corrected chi connectivity index (χ4v) is 6.04. The average molecular weight is 571 g/mol. The van der Waals surface area contributed by atoms with Gasteiger partial charge in [0.05, 0.1) is 34.9 Å². The number of rotatable bonds is 12. The van der Waals surface area contributed by atoms with Crippen molar-refractivity contribution in [2.45, 2.75) is 43.9 Å². The molecule has 0 saturated heterocycles. The van der Waals surface area contributed by atoms with E-state index in [4.69, 9.17) is 14.8 Å². The van der Waals surface area contributed by atoms with Gasteiger partial charge in [0.1, 0.15) is 23.0 Å². The maximum Gasteiger partial charge on any atom is 0.305 e. The summed E-state index contributed by atoms with van der Waals surface area (Å²) in [6.45, 7) is 3.38. The highest BCUT2D eigenvalue weighted by molar-refractivity contribution is 7.89. The first-order chi connectivity index (χ1) is 18.6. The molecule has 0 saturated carbocycles. The van der Waals surface area contributed by atoms with Crippen molar-refractivity contribution >= 4 is 56.2 Å². The van der Waals surface area contributed by atoms with Gasteiger partial charge in [-0.15, -0.1) is 11.3 Å². The number of ether oxygens (including phenoxy) is 1. The zero-order chi connectivity index (χ0) is 28.2. The molecular weight excluding hydrogens is 544 g/mol. The van der Waals surface area contributed by atoms with E-state index >= 15 is 0 Å². The predicted molar refractivity (Wildman–Crippen MR) is 146 cm³/mol. The lowest BCUT2D eigenvalue weighted by Crippen LogP contribution is -2.37. The Labute approximate surface area is 228 Å². The van der Waals surface area contributed by atoms with Crippen molar-refractivity contribution in [2.24, 2.45) is 0 Å². The van der Waals surface area contributed by atoms with Crippen LogP contribution in [0.15, 0.2) is 64.9 Å². The normalized spacial score (nSPS) is 13.1. The number of imidazole rings is 1. The van der Waals surface area contributed by atoms with Crippen LogP contribution in [-0.4, -0.2) is 53.4 Å². The van der Waals surface area contributed by atoms with Gasteiger partial charge in [0.25, 0.3) is 0 Å². The van der Waals surface area contributed by atoms with E-state index < -0.39 is 34.6 Å². The van der Waals surface area contributed by atoms with Crippen molar-refractivity contribution in [1.29, 1.82) is 0 Å². The largest absolute Gasteiger partial charge is 0.487 e. The minimum atomic E-state index is -4.38. The number of sulfonamides is 1. The smallest absolute Gasteiger partial charge is 0.305 e. The molecule has 204 valence electrons. The summed E-state index contributed by atoms with van der Waals surface area (Å²) in [4.78, 5) is 39.4. The number of carboxylic acid groups (broad SMARTS) is 1. The second-order valence-electron chi connectivity index (χ2n) is 8.74. The molecular formula is C26H26N4O7S2. The number of nitrogens with one attached hydrogen (secondary N) is 2. The van der Waals surface area contributed by atoms with Crippen molar-refractivity contribution in [3.05, 3.63) is 60.0 Å². The first kappa shape index (κ1) is 28.0. The summed E-state index contributed by atoms with van der Waals surface area (Å²) in [5.41, 5.74) is 1.97. The van der Waals surface area contributed by atoms with E-state index in [9.17, 15) is 22.8 Å². The molecule has 0 aliphatic carbocycles. The summed E-state index contributed by atoms with van der Waals surface area (Å²) in [6.07, 6.45) is -1.08.